The summed E-state index contributed by atoms with van der Waals surface area (Å²) in [4.78, 5) is 14.4. The summed E-state index contributed by atoms with van der Waals surface area (Å²) in [5.41, 5.74) is 8.39. The minimum absolute atomic E-state index is 0.0723. The molecule has 1 aromatic rings. The maximum absolute atomic E-state index is 12.6. The van der Waals surface area contributed by atoms with E-state index in [4.69, 9.17) is 5.73 Å². The lowest BCUT2D eigenvalue weighted by atomic mass is 10.0. The summed E-state index contributed by atoms with van der Waals surface area (Å²) in [6.45, 7) is 4.99. The standard InChI is InChI=1S/C16H24N2O/c1-12(2)11-14(17)16(19)18-10-6-5-8-13-7-3-4-9-15(13)18/h3-4,7,9,12,14H,5-6,8,10-11,17H2,1-2H3. The molecular formula is C16H24N2O. The summed E-state index contributed by atoms with van der Waals surface area (Å²) in [7, 11) is 0. The summed E-state index contributed by atoms with van der Waals surface area (Å²) in [6.07, 6.45) is 3.99. The van der Waals surface area contributed by atoms with E-state index >= 15 is 0 Å². The van der Waals surface area contributed by atoms with Crippen molar-refractivity contribution < 1.29 is 4.79 Å². The maximum atomic E-state index is 12.6. The van der Waals surface area contributed by atoms with Crippen molar-refractivity contribution in [3.63, 3.8) is 0 Å². The molecule has 104 valence electrons. The Morgan fingerprint density at radius 2 is 2.05 bits per heavy atom. The van der Waals surface area contributed by atoms with E-state index in [9.17, 15) is 4.79 Å². The van der Waals surface area contributed by atoms with Crippen molar-refractivity contribution >= 4 is 11.6 Å². The Morgan fingerprint density at radius 1 is 1.32 bits per heavy atom. The number of amides is 1. The molecule has 1 aromatic carbocycles. The number of nitrogens with two attached hydrogens (primary N) is 1. The molecule has 0 aromatic heterocycles. The number of carbonyl (C=O) groups is 1. The minimum Gasteiger partial charge on any atom is -0.320 e. The monoisotopic (exact) mass is 260 g/mol. The number of aryl methyl sites for hydroxylation is 1. The number of para-hydroxylation sites is 1. The molecule has 0 spiro atoms. The lowest BCUT2D eigenvalue weighted by Gasteiger charge is -2.26. The molecule has 2 N–H and O–H groups in total. The lowest BCUT2D eigenvalue weighted by Crippen LogP contribution is -2.45. The van der Waals surface area contributed by atoms with E-state index in [1.807, 2.05) is 23.1 Å². The molecule has 1 amide bonds. The highest BCUT2D eigenvalue weighted by Crippen LogP contribution is 2.26. The van der Waals surface area contributed by atoms with Crippen molar-refractivity contribution in [2.45, 2.75) is 45.6 Å². The van der Waals surface area contributed by atoms with Gasteiger partial charge < -0.3 is 10.6 Å². The van der Waals surface area contributed by atoms with Crippen LogP contribution in [0.4, 0.5) is 5.69 Å². The molecule has 3 heteroatoms. The molecule has 0 bridgehead atoms. The summed E-state index contributed by atoms with van der Waals surface area (Å²) in [6, 6.07) is 7.82. The predicted octanol–water partition coefficient (Wildman–Crippen LogP) is 2.73. The Morgan fingerprint density at radius 3 is 2.79 bits per heavy atom. The molecule has 0 saturated carbocycles. The fraction of sp³-hybridized carbons (Fsp3) is 0.562. The maximum Gasteiger partial charge on any atom is 0.243 e. The van der Waals surface area contributed by atoms with Crippen LogP contribution in [0.5, 0.6) is 0 Å². The van der Waals surface area contributed by atoms with Gasteiger partial charge >= 0.3 is 0 Å². The molecule has 1 atom stereocenters. The van der Waals surface area contributed by atoms with Gasteiger partial charge in [-0.1, -0.05) is 32.0 Å². The minimum atomic E-state index is -0.383. The van der Waals surface area contributed by atoms with Crippen LogP contribution in [0.1, 0.15) is 38.7 Å². The van der Waals surface area contributed by atoms with Gasteiger partial charge in [-0.2, -0.15) is 0 Å². The third-order valence-corrected chi connectivity index (χ3v) is 3.67. The number of anilines is 1. The number of rotatable bonds is 3. The van der Waals surface area contributed by atoms with Gasteiger partial charge in [-0.15, -0.1) is 0 Å². The van der Waals surface area contributed by atoms with Crippen molar-refractivity contribution in [3.05, 3.63) is 29.8 Å². The van der Waals surface area contributed by atoms with Gasteiger partial charge in [0.05, 0.1) is 6.04 Å². The first kappa shape index (κ1) is 14.1. The summed E-state index contributed by atoms with van der Waals surface area (Å²) >= 11 is 0. The Hall–Kier alpha value is -1.35. The third-order valence-electron chi connectivity index (χ3n) is 3.67. The van der Waals surface area contributed by atoms with Crippen molar-refractivity contribution in [3.8, 4) is 0 Å². The van der Waals surface area contributed by atoms with Crippen LogP contribution in [0.25, 0.3) is 0 Å². The summed E-state index contributed by atoms with van der Waals surface area (Å²) in [5.74, 6) is 0.518. The number of hydrogen-bond acceptors (Lipinski definition) is 2. The average Bonchev–Trinajstić information content (AvgIpc) is 2.59. The Balaban J connectivity index is 2.21. The zero-order chi connectivity index (χ0) is 13.8. The fourth-order valence-electron chi connectivity index (χ4n) is 2.73. The second-order valence-corrected chi connectivity index (χ2v) is 5.81. The van der Waals surface area contributed by atoms with E-state index < -0.39 is 0 Å². The smallest absolute Gasteiger partial charge is 0.243 e. The summed E-state index contributed by atoms with van der Waals surface area (Å²) in [5, 5.41) is 0. The SMILES string of the molecule is CC(C)CC(N)C(=O)N1CCCCc2ccccc21. The quantitative estimate of drug-likeness (QED) is 0.908. The van der Waals surface area contributed by atoms with Crippen LogP contribution < -0.4 is 10.6 Å². The largest absolute Gasteiger partial charge is 0.320 e. The van der Waals surface area contributed by atoms with Crippen LogP contribution >= 0.6 is 0 Å². The topological polar surface area (TPSA) is 46.3 Å². The van der Waals surface area contributed by atoms with Crippen molar-refractivity contribution in [2.24, 2.45) is 11.7 Å². The first-order chi connectivity index (χ1) is 9.09. The van der Waals surface area contributed by atoms with Gasteiger partial charge in [0.25, 0.3) is 0 Å². The van der Waals surface area contributed by atoms with Gasteiger partial charge in [0.15, 0.2) is 0 Å². The Bertz CT molecular complexity index is 442. The van der Waals surface area contributed by atoms with E-state index in [0.717, 1.165) is 37.9 Å². The van der Waals surface area contributed by atoms with Gasteiger partial charge in [-0.3, -0.25) is 4.79 Å². The van der Waals surface area contributed by atoms with E-state index in [1.165, 1.54) is 5.56 Å². The van der Waals surface area contributed by atoms with E-state index in [0.29, 0.717) is 5.92 Å². The van der Waals surface area contributed by atoms with Gasteiger partial charge in [-0.05, 0) is 43.2 Å². The number of nitrogens with zero attached hydrogens (tertiary/aromatic N) is 1. The molecule has 1 aliphatic rings. The molecule has 1 unspecified atom stereocenters. The molecule has 1 aliphatic heterocycles. The third kappa shape index (κ3) is 3.35. The van der Waals surface area contributed by atoms with E-state index in [1.54, 1.807) is 0 Å². The summed E-state index contributed by atoms with van der Waals surface area (Å²) < 4.78 is 0. The molecule has 2 rings (SSSR count). The fourth-order valence-corrected chi connectivity index (χ4v) is 2.73. The van der Waals surface area contributed by atoms with Crippen molar-refractivity contribution in [1.82, 2.24) is 0 Å². The molecule has 19 heavy (non-hydrogen) atoms. The zero-order valence-corrected chi connectivity index (χ0v) is 11.9. The van der Waals surface area contributed by atoms with Crippen LogP contribution in [-0.2, 0) is 11.2 Å². The molecule has 3 nitrogen and oxygen atoms in total. The van der Waals surface area contributed by atoms with E-state index in [2.05, 4.69) is 19.9 Å². The average molecular weight is 260 g/mol. The molecule has 0 radical (unpaired) electrons. The number of benzene rings is 1. The predicted molar refractivity (Wildman–Crippen MR) is 79.2 cm³/mol. The first-order valence-corrected chi connectivity index (χ1v) is 7.24. The van der Waals surface area contributed by atoms with E-state index in [-0.39, 0.29) is 11.9 Å². The molecule has 0 fully saturated rings. The molecular weight excluding hydrogens is 236 g/mol. The van der Waals surface area contributed by atoms with Crippen molar-refractivity contribution in [1.29, 1.82) is 0 Å². The highest BCUT2D eigenvalue weighted by atomic mass is 16.2. The van der Waals surface area contributed by atoms with Gasteiger partial charge in [-0.25, -0.2) is 0 Å². The van der Waals surface area contributed by atoms with Crippen LogP contribution in [0, 0.1) is 5.92 Å². The number of hydrogen-bond donors (Lipinski definition) is 1. The van der Waals surface area contributed by atoms with Crippen LogP contribution in [0.3, 0.4) is 0 Å². The van der Waals surface area contributed by atoms with Crippen LogP contribution in [0.15, 0.2) is 24.3 Å². The Kier molecular flexibility index (Phi) is 4.59. The Labute approximate surface area is 115 Å². The van der Waals surface area contributed by atoms with Gasteiger partial charge in [0.1, 0.15) is 0 Å². The normalized spacial score (nSPS) is 16.9. The number of fused-ring (bicyclic) bond motifs is 1. The first-order valence-electron chi connectivity index (χ1n) is 7.24. The lowest BCUT2D eigenvalue weighted by molar-refractivity contribution is -0.120. The second kappa shape index (κ2) is 6.20. The highest BCUT2D eigenvalue weighted by Gasteiger charge is 2.25. The molecule has 0 saturated heterocycles. The van der Waals surface area contributed by atoms with Gasteiger partial charge in [0.2, 0.25) is 5.91 Å². The van der Waals surface area contributed by atoms with Crippen LogP contribution in [0.2, 0.25) is 0 Å². The molecule has 0 aliphatic carbocycles. The zero-order valence-electron chi connectivity index (χ0n) is 11.9. The van der Waals surface area contributed by atoms with Crippen LogP contribution in [-0.4, -0.2) is 18.5 Å². The highest BCUT2D eigenvalue weighted by molar-refractivity contribution is 5.97. The molecule has 1 heterocycles. The number of carbonyl (C=O) groups excluding carboxylic acids is 1. The second-order valence-electron chi connectivity index (χ2n) is 5.81. The van der Waals surface area contributed by atoms with Crippen molar-refractivity contribution in [2.75, 3.05) is 11.4 Å². The van der Waals surface area contributed by atoms with Gasteiger partial charge in [0, 0.05) is 12.2 Å².